The summed E-state index contributed by atoms with van der Waals surface area (Å²) in [6.45, 7) is 11.5. The number of alkyl carbamates (subject to hydrolysis) is 2. The molecule has 3 aliphatic rings. The predicted octanol–water partition coefficient (Wildman–Crippen LogP) is 9.72. The summed E-state index contributed by atoms with van der Waals surface area (Å²) in [6, 6.07) is 13.1. The summed E-state index contributed by atoms with van der Waals surface area (Å²) in [4.78, 5) is 73.6. The minimum atomic E-state index is -2.78. The van der Waals surface area contributed by atoms with Crippen molar-refractivity contribution in [3.05, 3.63) is 71.5 Å². The fourth-order valence-corrected chi connectivity index (χ4v) is 10.4. The first kappa shape index (κ1) is 50.3. The topological polar surface area (TPSA) is 184 Å². The van der Waals surface area contributed by atoms with Crippen LogP contribution in [0.2, 0.25) is 5.15 Å². The summed E-state index contributed by atoms with van der Waals surface area (Å²) >= 11 is 6.87. The minimum absolute atomic E-state index is 0.108. The Morgan fingerprint density at radius 3 is 2.00 bits per heavy atom. The van der Waals surface area contributed by atoms with Gasteiger partial charge in [-0.2, -0.15) is 0 Å². The van der Waals surface area contributed by atoms with E-state index in [1.807, 2.05) is 62.4 Å². The number of carbonyl (C=O) groups excluding carboxylic acids is 4. The molecule has 68 heavy (non-hydrogen) atoms. The van der Waals surface area contributed by atoms with Crippen LogP contribution in [0.5, 0.6) is 0 Å². The van der Waals surface area contributed by atoms with Gasteiger partial charge in [-0.05, 0) is 92.7 Å². The Bertz CT molecular complexity index is 2360. The van der Waals surface area contributed by atoms with Gasteiger partial charge in [-0.1, -0.05) is 80.9 Å². The van der Waals surface area contributed by atoms with E-state index in [9.17, 15) is 28.0 Å². The van der Waals surface area contributed by atoms with Crippen molar-refractivity contribution in [3.63, 3.8) is 0 Å². The number of aromatic nitrogens is 4. The third-order valence-corrected chi connectivity index (χ3v) is 14.4. The number of H-pyrrole nitrogens is 2. The fourth-order valence-electron chi connectivity index (χ4n) is 10.1. The molecule has 4 N–H and O–H groups in total. The van der Waals surface area contributed by atoms with Crippen molar-refractivity contribution in [2.45, 2.75) is 122 Å². The number of likely N-dealkylation sites (tertiary alicyclic amines) is 1. The molecule has 7 rings (SSSR count). The van der Waals surface area contributed by atoms with Crippen LogP contribution in [0.4, 0.5) is 18.4 Å². The van der Waals surface area contributed by atoms with Crippen LogP contribution in [0, 0.1) is 23.7 Å². The fraction of sp³-hybridized carbons (Fsp3) is 0.560. The highest BCUT2D eigenvalue weighted by molar-refractivity contribution is 6.31. The number of rotatable bonds is 15. The number of ether oxygens (including phenoxy) is 3. The molecule has 6 atom stereocenters. The molecule has 2 aromatic heterocycles. The SMILES string of the molecule is CCN(C(=O)[C@@H](NC(=O)OC)C1CCOCC1)[C@@H](CC(C)C)c1nc(-c2ccc(-c3ccc(-c4cnc([C@@H]5CC(C)[C@@H](C)N5C(=O)[C@@H](NC(=O)OC)C5CCC(F)(F)CC5)[nH]4)cc3)cc2)c(Cl)[nH]1. The van der Waals surface area contributed by atoms with Gasteiger partial charge in [-0.3, -0.25) is 9.59 Å². The van der Waals surface area contributed by atoms with Crippen molar-refractivity contribution in [2.75, 3.05) is 34.0 Å². The van der Waals surface area contributed by atoms with E-state index in [2.05, 4.69) is 41.4 Å². The van der Waals surface area contributed by atoms with Gasteiger partial charge in [0.2, 0.25) is 17.7 Å². The monoisotopic (exact) mass is 962 g/mol. The highest BCUT2D eigenvalue weighted by atomic mass is 35.5. The maximum atomic E-state index is 14.4. The molecule has 2 aromatic carbocycles. The number of nitrogens with zero attached hydrogens (tertiary/aromatic N) is 4. The van der Waals surface area contributed by atoms with Gasteiger partial charge in [0, 0.05) is 44.2 Å². The van der Waals surface area contributed by atoms with Crippen molar-refractivity contribution in [1.29, 1.82) is 0 Å². The van der Waals surface area contributed by atoms with Gasteiger partial charge in [-0.15, -0.1) is 0 Å². The van der Waals surface area contributed by atoms with E-state index in [4.69, 9.17) is 35.8 Å². The third kappa shape index (κ3) is 11.3. The average Bonchev–Trinajstić information content (AvgIpc) is 4.06. The maximum absolute atomic E-state index is 14.4. The summed E-state index contributed by atoms with van der Waals surface area (Å²) in [6.07, 6.45) is 2.37. The Balaban J connectivity index is 1.06. The number of hydrogen-bond acceptors (Lipinski definition) is 9. The van der Waals surface area contributed by atoms with E-state index < -0.39 is 48.2 Å². The number of likely N-dealkylation sites (N-methyl/N-ethyl adjacent to an activating group) is 1. The largest absolute Gasteiger partial charge is 0.453 e. The third-order valence-electron chi connectivity index (χ3n) is 14.2. The molecule has 4 amide bonds. The van der Waals surface area contributed by atoms with Gasteiger partial charge in [0.1, 0.15) is 34.6 Å². The molecular formula is C50H65ClF2N8O7. The van der Waals surface area contributed by atoms with Gasteiger partial charge in [-0.25, -0.2) is 28.3 Å². The number of hydrogen-bond donors (Lipinski definition) is 4. The molecular weight excluding hydrogens is 898 g/mol. The number of halogens is 3. The number of aromatic amines is 2. The molecule has 0 radical (unpaired) electrons. The average molecular weight is 964 g/mol. The zero-order valence-corrected chi connectivity index (χ0v) is 40.7. The van der Waals surface area contributed by atoms with E-state index in [0.717, 1.165) is 27.9 Å². The van der Waals surface area contributed by atoms with Gasteiger partial charge in [0.25, 0.3) is 0 Å². The van der Waals surface area contributed by atoms with E-state index >= 15 is 0 Å². The van der Waals surface area contributed by atoms with Gasteiger partial charge >= 0.3 is 12.2 Å². The second-order valence-corrected chi connectivity index (χ2v) is 19.4. The highest BCUT2D eigenvalue weighted by Crippen LogP contribution is 2.43. The molecule has 0 bridgehead atoms. The van der Waals surface area contributed by atoms with Crippen LogP contribution in [-0.4, -0.2) is 112 Å². The standard InChI is InChI=1S/C50H65ClF2N8O7/c1-8-60(46(62)41(57-48(64)66-6)36-19-23-68-24-20-36)38(25-28(2)3)45-56-40(43(51)59-45)34-15-11-32(12-16-34)31-9-13-33(14-10-31)37-27-54-44(55-37)39-26-29(4)30(5)61(39)47(63)42(58-49(65)67-7)35-17-21-50(52,53)22-18-35/h9-16,27-30,35-36,38-39,41-42H,8,17-26H2,1-7H3,(H,54,55)(H,56,59)(H,57,64)(H,58,65)/t29?,30-,38+,39+,41+,42+/m1/s1. The lowest BCUT2D eigenvalue weighted by atomic mass is 9.81. The number of alkyl halides is 2. The summed E-state index contributed by atoms with van der Waals surface area (Å²) in [5.74, 6) is -2.39. The van der Waals surface area contributed by atoms with Crippen molar-refractivity contribution < 1.29 is 42.2 Å². The zero-order chi connectivity index (χ0) is 48.9. The van der Waals surface area contributed by atoms with Crippen molar-refractivity contribution in [2.24, 2.45) is 23.7 Å². The molecule has 4 heterocycles. The number of nitrogens with one attached hydrogen (secondary N) is 4. The van der Waals surface area contributed by atoms with Crippen LogP contribution in [0.3, 0.4) is 0 Å². The molecule has 2 saturated heterocycles. The lowest BCUT2D eigenvalue weighted by Gasteiger charge is -2.37. The van der Waals surface area contributed by atoms with E-state index in [1.165, 1.54) is 14.2 Å². The molecule has 368 valence electrons. The maximum Gasteiger partial charge on any atom is 0.407 e. The first-order valence-corrected chi connectivity index (χ1v) is 24.2. The number of benzene rings is 2. The Hall–Kier alpha value is -5.55. The number of imidazole rings is 2. The second-order valence-electron chi connectivity index (χ2n) is 19.0. The van der Waals surface area contributed by atoms with Crippen LogP contribution in [0.1, 0.15) is 110 Å². The van der Waals surface area contributed by atoms with E-state index in [-0.39, 0.29) is 61.3 Å². The Morgan fingerprint density at radius 1 is 0.868 bits per heavy atom. The van der Waals surface area contributed by atoms with Crippen LogP contribution in [-0.2, 0) is 23.8 Å². The zero-order valence-electron chi connectivity index (χ0n) is 40.0. The summed E-state index contributed by atoms with van der Waals surface area (Å²) in [7, 11) is 2.50. The van der Waals surface area contributed by atoms with Crippen LogP contribution >= 0.6 is 11.6 Å². The van der Waals surface area contributed by atoms with Gasteiger partial charge in [0.05, 0.1) is 38.2 Å². The smallest absolute Gasteiger partial charge is 0.407 e. The normalized spacial score (nSPS) is 21.2. The molecule has 1 unspecified atom stereocenters. The van der Waals surface area contributed by atoms with E-state index in [1.54, 1.807) is 16.0 Å². The molecule has 4 aromatic rings. The van der Waals surface area contributed by atoms with Crippen molar-refractivity contribution >= 4 is 35.6 Å². The lowest BCUT2D eigenvalue weighted by Crippen LogP contribution is -2.54. The van der Waals surface area contributed by atoms with Gasteiger partial charge < -0.3 is 44.6 Å². The molecule has 15 nitrogen and oxygen atoms in total. The Labute approximate surface area is 401 Å². The molecule has 18 heteroatoms. The summed E-state index contributed by atoms with van der Waals surface area (Å²) < 4.78 is 43.6. The summed E-state index contributed by atoms with van der Waals surface area (Å²) in [5.41, 5.74) is 4.95. The molecule has 2 aliphatic heterocycles. The lowest BCUT2D eigenvalue weighted by molar-refractivity contribution is -0.140. The van der Waals surface area contributed by atoms with Crippen molar-refractivity contribution in [1.82, 2.24) is 40.4 Å². The molecule has 3 fully saturated rings. The molecule has 1 aliphatic carbocycles. The van der Waals surface area contributed by atoms with Crippen LogP contribution in [0.15, 0.2) is 54.7 Å². The quantitative estimate of drug-likeness (QED) is 0.0901. The minimum Gasteiger partial charge on any atom is -0.453 e. The van der Waals surface area contributed by atoms with Crippen LogP contribution in [0.25, 0.3) is 33.6 Å². The highest BCUT2D eigenvalue weighted by Gasteiger charge is 2.48. The number of carbonyl (C=O) groups is 4. The van der Waals surface area contributed by atoms with E-state index in [0.29, 0.717) is 67.9 Å². The van der Waals surface area contributed by atoms with Crippen LogP contribution < -0.4 is 10.6 Å². The van der Waals surface area contributed by atoms with Gasteiger partial charge in [0.15, 0.2) is 0 Å². The second kappa shape index (κ2) is 21.8. The number of amides is 4. The Kier molecular flexibility index (Phi) is 16.1. The Morgan fingerprint density at radius 2 is 1.43 bits per heavy atom. The van der Waals surface area contributed by atoms with Crippen molar-refractivity contribution in [3.8, 4) is 33.6 Å². The molecule has 0 spiro atoms. The predicted molar refractivity (Wildman–Crippen MR) is 254 cm³/mol. The first-order chi connectivity index (χ1) is 32.5. The first-order valence-electron chi connectivity index (χ1n) is 23.8. The molecule has 1 saturated carbocycles. The number of methoxy groups -OCH3 is 2. The summed E-state index contributed by atoms with van der Waals surface area (Å²) in [5, 5.41) is 5.85.